The van der Waals surface area contributed by atoms with Gasteiger partial charge in [-0.2, -0.15) is 0 Å². The standard InChI is InChI=1S/C18H25NO3/c1-11-12(2)16-14(13(3)15(11)20)7-8-18(4,22-16)17(21)19-9-5-6-10-19/h20H,5-10H2,1-4H3/t18-/m0/s1. The number of fused-ring (bicyclic) bond motifs is 1. The lowest BCUT2D eigenvalue weighted by atomic mass is 9.86. The Morgan fingerprint density at radius 1 is 1.14 bits per heavy atom. The molecule has 0 aliphatic carbocycles. The van der Waals surface area contributed by atoms with E-state index in [-0.39, 0.29) is 5.91 Å². The van der Waals surface area contributed by atoms with Crippen LogP contribution in [0.3, 0.4) is 0 Å². The highest BCUT2D eigenvalue weighted by molar-refractivity contribution is 5.86. The number of hydrogen-bond acceptors (Lipinski definition) is 3. The molecule has 3 rings (SSSR count). The van der Waals surface area contributed by atoms with Gasteiger partial charge >= 0.3 is 0 Å². The van der Waals surface area contributed by atoms with Crippen molar-refractivity contribution in [3.05, 3.63) is 22.3 Å². The predicted molar refractivity (Wildman–Crippen MR) is 85.5 cm³/mol. The molecule has 1 aromatic carbocycles. The number of nitrogens with zero attached hydrogens (tertiary/aromatic N) is 1. The van der Waals surface area contributed by atoms with Gasteiger partial charge in [-0.15, -0.1) is 0 Å². The van der Waals surface area contributed by atoms with Crippen LogP contribution in [0, 0.1) is 20.8 Å². The molecule has 4 heteroatoms. The van der Waals surface area contributed by atoms with Crippen molar-refractivity contribution in [1.82, 2.24) is 4.90 Å². The molecule has 120 valence electrons. The molecule has 0 aromatic heterocycles. The van der Waals surface area contributed by atoms with Gasteiger partial charge in [-0.3, -0.25) is 4.79 Å². The first-order valence-corrected chi connectivity index (χ1v) is 8.15. The lowest BCUT2D eigenvalue weighted by molar-refractivity contribution is -0.147. The average molecular weight is 303 g/mol. The molecule has 2 aliphatic rings. The third kappa shape index (κ3) is 2.16. The third-order valence-electron chi connectivity index (χ3n) is 5.37. The van der Waals surface area contributed by atoms with Crippen LogP contribution in [0.4, 0.5) is 0 Å². The normalized spacial score (nSPS) is 24.1. The molecule has 0 bridgehead atoms. The average Bonchev–Trinajstić information content (AvgIpc) is 3.04. The Bertz CT molecular complexity index is 632. The van der Waals surface area contributed by atoms with E-state index in [1.54, 1.807) is 0 Å². The summed E-state index contributed by atoms with van der Waals surface area (Å²) in [7, 11) is 0. The zero-order valence-electron chi connectivity index (χ0n) is 14.0. The first-order chi connectivity index (χ1) is 10.3. The molecular weight excluding hydrogens is 278 g/mol. The molecule has 4 nitrogen and oxygen atoms in total. The number of benzene rings is 1. The number of phenolic OH excluding ortho intramolecular Hbond substituents is 1. The molecule has 0 saturated carbocycles. The van der Waals surface area contributed by atoms with Gasteiger partial charge in [0.15, 0.2) is 5.60 Å². The van der Waals surface area contributed by atoms with Crippen LogP contribution >= 0.6 is 0 Å². The molecule has 1 fully saturated rings. The molecule has 1 amide bonds. The van der Waals surface area contributed by atoms with E-state index in [1.807, 2.05) is 32.6 Å². The van der Waals surface area contributed by atoms with E-state index in [9.17, 15) is 9.90 Å². The highest BCUT2D eigenvalue weighted by atomic mass is 16.5. The van der Waals surface area contributed by atoms with Gasteiger partial charge in [0.25, 0.3) is 5.91 Å². The van der Waals surface area contributed by atoms with Crippen LogP contribution in [0.5, 0.6) is 11.5 Å². The van der Waals surface area contributed by atoms with Gasteiger partial charge in [-0.05, 0) is 63.6 Å². The Labute approximate surface area is 132 Å². The summed E-state index contributed by atoms with van der Waals surface area (Å²) < 4.78 is 6.24. The molecular formula is C18H25NO3. The largest absolute Gasteiger partial charge is 0.507 e. The lowest BCUT2D eigenvalue weighted by Gasteiger charge is -2.38. The van der Waals surface area contributed by atoms with Crippen LogP contribution < -0.4 is 4.74 Å². The second-order valence-electron chi connectivity index (χ2n) is 6.86. The fraction of sp³-hybridized carbons (Fsp3) is 0.611. The van der Waals surface area contributed by atoms with E-state index >= 15 is 0 Å². The topological polar surface area (TPSA) is 49.8 Å². The van der Waals surface area contributed by atoms with Crippen molar-refractivity contribution in [2.24, 2.45) is 0 Å². The first kappa shape index (κ1) is 15.2. The molecule has 2 aliphatic heterocycles. The minimum absolute atomic E-state index is 0.110. The number of amides is 1. The number of phenols is 1. The molecule has 0 spiro atoms. The molecule has 1 saturated heterocycles. The van der Waals surface area contributed by atoms with Crippen LogP contribution in [-0.2, 0) is 11.2 Å². The van der Waals surface area contributed by atoms with Crippen LogP contribution in [0.25, 0.3) is 0 Å². The maximum Gasteiger partial charge on any atom is 0.266 e. The summed E-state index contributed by atoms with van der Waals surface area (Å²) in [5, 5.41) is 10.2. The molecule has 1 N–H and O–H groups in total. The maximum atomic E-state index is 12.8. The molecule has 0 unspecified atom stereocenters. The van der Waals surface area contributed by atoms with Crippen molar-refractivity contribution in [2.45, 2.75) is 59.0 Å². The second-order valence-corrected chi connectivity index (χ2v) is 6.86. The van der Waals surface area contributed by atoms with Gasteiger partial charge < -0.3 is 14.7 Å². The van der Waals surface area contributed by atoms with Crippen LogP contribution in [0.2, 0.25) is 0 Å². The Hall–Kier alpha value is -1.71. The zero-order valence-corrected chi connectivity index (χ0v) is 14.0. The van der Waals surface area contributed by atoms with Crippen molar-refractivity contribution < 1.29 is 14.6 Å². The van der Waals surface area contributed by atoms with Crippen molar-refractivity contribution in [3.8, 4) is 11.5 Å². The fourth-order valence-electron chi connectivity index (χ4n) is 3.65. The van der Waals surface area contributed by atoms with E-state index in [4.69, 9.17) is 4.74 Å². The quantitative estimate of drug-likeness (QED) is 0.867. The molecule has 22 heavy (non-hydrogen) atoms. The van der Waals surface area contributed by atoms with Crippen LogP contribution in [-0.4, -0.2) is 34.6 Å². The van der Waals surface area contributed by atoms with Gasteiger partial charge in [-0.1, -0.05) is 0 Å². The minimum Gasteiger partial charge on any atom is -0.507 e. The summed E-state index contributed by atoms with van der Waals surface area (Å²) in [5.74, 6) is 1.27. The van der Waals surface area contributed by atoms with Crippen molar-refractivity contribution in [2.75, 3.05) is 13.1 Å². The van der Waals surface area contributed by atoms with Gasteiger partial charge in [0.05, 0.1) is 0 Å². The zero-order chi connectivity index (χ0) is 16.1. The number of carbonyl (C=O) groups excluding carboxylic acids is 1. The summed E-state index contributed by atoms with van der Waals surface area (Å²) in [4.78, 5) is 14.8. The number of likely N-dealkylation sites (tertiary alicyclic amines) is 1. The van der Waals surface area contributed by atoms with Gasteiger partial charge in [0.1, 0.15) is 11.5 Å². The van der Waals surface area contributed by atoms with Gasteiger partial charge in [0.2, 0.25) is 0 Å². The van der Waals surface area contributed by atoms with Gasteiger partial charge in [-0.25, -0.2) is 0 Å². The number of rotatable bonds is 1. The Kier molecular flexibility index (Phi) is 3.58. The minimum atomic E-state index is -0.780. The van der Waals surface area contributed by atoms with Gasteiger partial charge in [0, 0.05) is 25.1 Å². The number of aromatic hydroxyl groups is 1. The number of hydrogen-bond donors (Lipinski definition) is 1. The van der Waals surface area contributed by atoms with Crippen molar-refractivity contribution >= 4 is 5.91 Å². The summed E-state index contributed by atoms with van der Waals surface area (Å²) in [6.07, 6.45) is 3.61. The summed E-state index contributed by atoms with van der Waals surface area (Å²) in [5.41, 5.74) is 2.94. The Morgan fingerprint density at radius 3 is 2.41 bits per heavy atom. The van der Waals surface area contributed by atoms with Crippen molar-refractivity contribution in [3.63, 3.8) is 0 Å². The number of carbonyl (C=O) groups is 1. The Balaban J connectivity index is 1.98. The van der Waals surface area contributed by atoms with E-state index in [0.717, 1.165) is 60.4 Å². The molecule has 2 heterocycles. The lowest BCUT2D eigenvalue weighted by Crippen LogP contribution is -2.52. The monoisotopic (exact) mass is 303 g/mol. The first-order valence-electron chi connectivity index (χ1n) is 8.15. The van der Waals surface area contributed by atoms with E-state index in [2.05, 4.69) is 0 Å². The smallest absolute Gasteiger partial charge is 0.266 e. The highest BCUT2D eigenvalue weighted by Gasteiger charge is 2.43. The predicted octanol–water partition coefficient (Wildman–Crippen LogP) is 3.02. The van der Waals surface area contributed by atoms with E-state index in [1.165, 1.54) is 0 Å². The SMILES string of the molecule is Cc1c(C)c2c(c(C)c1O)CC[C@@](C)(C(=O)N1CCCC1)O2. The maximum absolute atomic E-state index is 12.8. The van der Waals surface area contributed by atoms with Crippen LogP contribution in [0.15, 0.2) is 0 Å². The molecule has 0 radical (unpaired) electrons. The summed E-state index contributed by atoms with van der Waals surface area (Å²) in [6.45, 7) is 9.38. The number of ether oxygens (including phenoxy) is 1. The fourth-order valence-corrected chi connectivity index (χ4v) is 3.65. The highest BCUT2D eigenvalue weighted by Crippen LogP contribution is 2.43. The summed E-state index contributed by atoms with van der Waals surface area (Å²) in [6, 6.07) is 0. The van der Waals surface area contributed by atoms with E-state index in [0.29, 0.717) is 12.2 Å². The molecule has 1 atom stereocenters. The summed E-state index contributed by atoms with van der Waals surface area (Å²) >= 11 is 0. The van der Waals surface area contributed by atoms with Crippen molar-refractivity contribution in [1.29, 1.82) is 0 Å². The second kappa shape index (κ2) is 5.18. The molecule has 1 aromatic rings. The third-order valence-corrected chi connectivity index (χ3v) is 5.37. The van der Waals surface area contributed by atoms with Crippen LogP contribution in [0.1, 0.15) is 48.4 Å². The van der Waals surface area contributed by atoms with E-state index < -0.39 is 5.60 Å². The Morgan fingerprint density at radius 2 is 1.77 bits per heavy atom.